The molecule has 0 saturated carbocycles. The molecule has 2 rings (SSSR count). The molecule has 5 nitrogen and oxygen atoms in total. The Morgan fingerprint density at radius 2 is 2.27 bits per heavy atom. The van der Waals surface area contributed by atoms with Gasteiger partial charge in [0, 0.05) is 12.4 Å². The molecule has 1 aromatic rings. The summed E-state index contributed by atoms with van der Waals surface area (Å²) in [5.74, 6) is 0.528. The van der Waals surface area contributed by atoms with E-state index in [4.69, 9.17) is 4.74 Å². The first-order valence-electron chi connectivity index (χ1n) is 4.19. The van der Waals surface area contributed by atoms with E-state index in [2.05, 4.69) is 9.98 Å². The number of rotatable bonds is 3. The molecular formula is C9H8N2O3S. The van der Waals surface area contributed by atoms with E-state index in [9.17, 15) is 8.42 Å². The number of hydrogen-bond donors (Lipinski definition) is 0. The van der Waals surface area contributed by atoms with Gasteiger partial charge in [0.25, 0.3) is 0 Å². The molecule has 0 spiro atoms. The Balaban J connectivity index is 2.02. The zero-order chi connectivity index (χ0) is 10.7. The second-order valence-electron chi connectivity index (χ2n) is 2.87. The van der Waals surface area contributed by atoms with Crippen LogP contribution < -0.4 is 4.74 Å². The van der Waals surface area contributed by atoms with Crippen LogP contribution in [0, 0.1) is 0 Å². The third-order valence-electron chi connectivity index (χ3n) is 1.80. The summed E-state index contributed by atoms with van der Waals surface area (Å²) in [5, 5.41) is 0. The fourth-order valence-corrected chi connectivity index (χ4v) is 1.83. The predicted octanol–water partition coefficient (Wildman–Crippen LogP) is 0.759. The molecule has 1 aliphatic heterocycles. The summed E-state index contributed by atoms with van der Waals surface area (Å²) in [6.45, 7) is -0.0198. The second-order valence-corrected chi connectivity index (χ2v) is 4.70. The summed E-state index contributed by atoms with van der Waals surface area (Å²) < 4.78 is 27.8. The maximum Gasteiger partial charge on any atom is 0.217 e. The molecule has 6 heteroatoms. The van der Waals surface area contributed by atoms with Crippen LogP contribution in [0.4, 0.5) is 0 Å². The molecule has 0 fully saturated rings. The zero-order valence-corrected chi connectivity index (χ0v) is 8.52. The van der Waals surface area contributed by atoms with Crippen LogP contribution in [0.2, 0.25) is 0 Å². The number of pyridine rings is 1. The van der Waals surface area contributed by atoms with Crippen molar-refractivity contribution >= 4 is 15.4 Å². The van der Waals surface area contributed by atoms with Crippen LogP contribution in [-0.2, 0) is 9.84 Å². The maximum atomic E-state index is 11.3. The molecule has 0 atom stereocenters. The highest BCUT2D eigenvalue weighted by Crippen LogP contribution is 2.14. The highest BCUT2D eigenvalue weighted by molar-refractivity contribution is 8.08. The molecule has 2 heterocycles. The van der Waals surface area contributed by atoms with E-state index in [1.54, 1.807) is 18.3 Å². The molecule has 0 amide bonds. The predicted molar refractivity (Wildman–Crippen MR) is 55.2 cm³/mol. The lowest BCUT2D eigenvalue weighted by molar-refractivity contribution is 0.356. The molecule has 0 aliphatic carbocycles. The average Bonchev–Trinajstić information content (AvgIpc) is 2.56. The molecule has 1 aromatic heterocycles. The van der Waals surface area contributed by atoms with Crippen molar-refractivity contribution in [3.63, 3.8) is 0 Å². The SMILES string of the molecule is O=S1(=O)C=NC=C1COc1cccnc1. The first kappa shape index (κ1) is 9.85. The molecule has 0 radical (unpaired) electrons. The number of aromatic nitrogens is 1. The average molecular weight is 224 g/mol. The third kappa shape index (κ3) is 2.21. The Hall–Kier alpha value is -1.69. The van der Waals surface area contributed by atoms with Gasteiger partial charge in [0.2, 0.25) is 9.84 Å². The molecule has 0 saturated heterocycles. The Labute approximate surface area is 87.0 Å². The Morgan fingerprint density at radius 1 is 1.40 bits per heavy atom. The fraction of sp³-hybridized carbons (Fsp3) is 0.111. The summed E-state index contributed by atoms with van der Waals surface area (Å²) in [5.41, 5.74) is 0.912. The quantitative estimate of drug-likeness (QED) is 0.760. The van der Waals surface area contributed by atoms with E-state index in [1.807, 2.05) is 0 Å². The van der Waals surface area contributed by atoms with Gasteiger partial charge in [0.15, 0.2) is 0 Å². The van der Waals surface area contributed by atoms with Crippen LogP contribution in [0.1, 0.15) is 0 Å². The number of nitrogens with zero attached hydrogens (tertiary/aromatic N) is 2. The number of ether oxygens (including phenoxy) is 1. The number of sulfone groups is 1. The molecule has 15 heavy (non-hydrogen) atoms. The van der Waals surface area contributed by atoms with Crippen LogP contribution in [-0.4, -0.2) is 25.6 Å². The molecular weight excluding hydrogens is 216 g/mol. The Kier molecular flexibility index (Phi) is 2.51. The van der Waals surface area contributed by atoms with E-state index in [0.717, 1.165) is 5.55 Å². The minimum absolute atomic E-state index is 0.0198. The monoisotopic (exact) mass is 224 g/mol. The number of aliphatic imine (C=N–C) groups is 1. The van der Waals surface area contributed by atoms with E-state index >= 15 is 0 Å². The Bertz CT molecular complexity index is 505. The van der Waals surface area contributed by atoms with Crippen molar-refractivity contribution in [2.75, 3.05) is 6.61 Å². The maximum absolute atomic E-state index is 11.3. The van der Waals surface area contributed by atoms with Gasteiger partial charge in [0.05, 0.1) is 6.20 Å². The lowest BCUT2D eigenvalue weighted by Crippen LogP contribution is -2.09. The van der Waals surface area contributed by atoms with Crippen LogP contribution in [0.25, 0.3) is 0 Å². The van der Waals surface area contributed by atoms with Gasteiger partial charge in [-0.1, -0.05) is 0 Å². The highest BCUT2D eigenvalue weighted by atomic mass is 32.2. The summed E-state index contributed by atoms with van der Waals surface area (Å²) in [4.78, 5) is 7.56. The van der Waals surface area contributed by atoms with Crippen molar-refractivity contribution in [2.24, 2.45) is 4.99 Å². The van der Waals surface area contributed by atoms with E-state index in [0.29, 0.717) is 5.75 Å². The minimum atomic E-state index is -3.33. The second kappa shape index (κ2) is 3.82. The molecule has 1 aliphatic rings. The van der Waals surface area contributed by atoms with Gasteiger partial charge in [-0.2, -0.15) is 0 Å². The zero-order valence-electron chi connectivity index (χ0n) is 7.70. The fourth-order valence-electron chi connectivity index (χ4n) is 1.04. The van der Waals surface area contributed by atoms with Crippen molar-refractivity contribution in [3.05, 3.63) is 35.6 Å². The smallest absolute Gasteiger partial charge is 0.217 e. The van der Waals surface area contributed by atoms with Crippen molar-refractivity contribution < 1.29 is 13.2 Å². The van der Waals surface area contributed by atoms with Crippen LogP contribution in [0.5, 0.6) is 5.75 Å². The van der Waals surface area contributed by atoms with Crippen LogP contribution >= 0.6 is 0 Å². The van der Waals surface area contributed by atoms with E-state index in [1.165, 1.54) is 12.4 Å². The molecule has 0 aromatic carbocycles. The first-order valence-corrected chi connectivity index (χ1v) is 5.73. The lowest BCUT2D eigenvalue weighted by atomic mass is 10.5. The van der Waals surface area contributed by atoms with Gasteiger partial charge in [0.1, 0.15) is 22.8 Å². The summed E-state index contributed by atoms with van der Waals surface area (Å²) in [6.07, 6.45) is 4.41. The minimum Gasteiger partial charge on any atom is -0.486 e. The van der Waals surface area contributed by atoms with Gasteiger partial charge in [-0.15, -0.1) is 0 Å². The van der Waals surface area contributed by atoms with Crippen molar-refractivity contribution in [1.29, 1.82) is 0 Å². The van der Waals surface area contributed by atoms with E-state index < -0.39 is 9.84 Å². The van der Waals surface area contributed by atoms with Gasteiger partial charge in [-0.3, -0.25) is 9.98 Å². The van der Waals surface area contributed by atoms with Crippen LogP contribution in [0.15, 0.2) is 40.6 Å². The standard InChI is InChI=1S/C9H8N2O3S/c12-15(13)7-11-5-9(15)6-14-8-2-1-3-10-4-8/h1-5,7H,6H2. The summed E-state index contributed by atoms with van der Waals surface area (Å²) in [6, 6.07) is 3.42. The first-order chi connectivity index (χ1) is 7.18. The molecule has 78 valence electrons. The van der Waals surface area contributed by atoms with Crippen LogP contribution in [0.3, 0.4) is 0 Å². The molecule has 0 unspecified atom stereocenters. The topological polar surface area (TPSA) is 68.6 Å². The summed E-state index contributed by atoms with van der Waals surface area (Å²) >= 11 is 0. The van der Waals surface area contributed by atoms with Gasteiger partial charge in [-0.05, 0) is 12.1 Å². The third-order valence-corrected chi connectivity index (χ3v) is 3.15. The largest absolute Gasteiger partial charge is 0.486 e. The number of hydrogen-bond acceptors (Lipinski definition) is 5. The van der Waals surface area contributed by atoms with Crippen molar-refractivity contribution in [3.8, 4) is 5.75 Å². The van der Waals surface area contributed by atoms with Gasteiger partial charge >= 0.3 is 0 Å². The normalized spacial score (nSPS) is 17.5. The lowest BCUT2D eigenvalue weighted by Gasteiger charge is -2.04. The highest BCUT2D eigenvalue weighted by Gasteiger charge is 2.19. The summed E-state index contributed by atoms with van der Waals surface area (Å²) in [7, 11) is -3.33. The Morgan fingerprint density at radius 3 is 2.87 bits per heavy atom. The van der Waals surface area contributed by atoms with Gasteiger partial charge < -0.3 is 4.74 Å². The van der Waals surface area contributed by atoms with Gasteiger partial charge in [-0.25, -0.2) is 8.42 Å². The molecule has 0 N–H and O–H groups in total. The van der Waals surface area contributed by atoms with E-state index in [-0.39, 0.29) is 11.5 Å². The van der Waals surface area contributed by atoms with Crippen molar-refractivity contribution in [2.45, 2.75) is 0 Å². The van der Waals surface area contributed by atoms with Crippen molar-refractivity contribution in [1.82, 2.24) is 4.98 Å². The molecule has 0 bridgehead atoms.